The van der Waals surface area contributed by atoms with Crippen LogP contribution in [0.3, 0.4) is 0 Å². The number of alkyl carbamates (subject to hydrolysis) is 1. The van der Waals surface area contributed by atoms with Gasteiger partial charge in [-0.15, -0.1) is 22.0 Å². The third-order valence-electron chi connectivity index (χ3n) is 9.09. The number of carbonyl (C=O) groups excluding carboxylic acids is 2. The van der Waals surface area contributed by atoms with E-state index in [0.29, 0.717) is 47.6 Å². The van der Waals surface area contributed by atoms with Crippen LogP contribution in [-0.2, 0) is 32.6 Å². The fraction of sp³-hybridized carbons (Fsp3) is 0.550. The zero-order valence-electron chi connectivity index (χ0n) is 34.0. The number of benzene rings is 2. The van der Waals surface area contributed by atoms with Gasteiger partial charge in [-0.2, -0.15) is 18.2 Å². The smallest absolute Gasteiger partial charge is 0.444 e. The number of aromatic nitrogens is 4. The zero-order chi connectivity index (χ0) is 41.8. The molecule has 2 atom stereocenters. The molecular weight excluding hydrogens is 781 g/mol. The monoisotopic (exact) mass is 832 g/mol. The predicted molar refractivity (Wildman–Crippen MR) is 214 cm³/mol. The molecule has 2 aliphatic rings. The number of alkyl halides is 3. The molecule has 0 aliphatic carbocycles. The molecule has 17 heteroatoms. The van der Waals surface area contributed by atoms with Crippen LogP contribution in [0.25, 0.3) is 22.8 Å². The van der Waals surface area contributed by atoms with Crippen LogP contribution in [0.1, 0.15) is 92.0 Å². The number of nitrogens with one attached hydrogen (secondary N) is 1. The summed E-state index contributed by atoms with van der Waals surface area (Å²) in [6.07, 6.45) is -0.986. The standard InChI is InChI=1S/C34H39F3N5O4PS.C6H13NO2/c1-21(2)19-47(32(3,4)5)20-33(14-6-15-44-33)30-40-39-29(45-30)24-11-12-26-25(17-24)42(27(43)13-16-48-26)18-22-7-9-23(10-8-22)28-38-31(46-41-28)34(35,36)37;1-6(2,3)9-5(8)7-4/h7-12,17,21H,6,13-16,18-20H2,1-5H3;1-4H3,(H,7,8). The van der Waals surface area contributed by atoms with Crippen molar-refractivity contribution in [2.24, 2.45) is 5.92 Å². The topological polar surface area (TPSA) is 146 Å². The van der Waals surface area contributed by atoms with Gasteiger partial charge in [0.15, 0.2) is 0 Å². The SMILES string of the molecule is CC(C)CP(CC1(c2nnc(-c3ccc4c(c3)N(Cc3ccc(-c5noc(C(F)(F)F)n5)cc3)C(=O)CCS4)o2)CCCO1)C(C)(C)C.CNC(=O)OC(C)(C)C. The van der Waals surface area contributed by atoms with Crippen molar-refractivity contribution in [2.45, 2.75) is 109 Å². The number of hydrogen-bond acceptors (Lipinski definition) is 11. The van der Waals surface area contributed by atoms with E-state index in [0.717, 1.165) is 41.3 Å². The Kier molecular flexibility index (Phi) is 13.8. The van der Waals surface area contributed by atoms with Crippen molar-refractivity contribution in [3.8, 4) is 22.8 Å². The molecule has 1 N–H and O–H groups in total. The minimum Gasteiger partial charge on any atom is -0.444 e. The van der Waals surface area contributed by atoms with E-state index in [4.69, 9.17) is 13.9 Å². The van der Waals surface area contributed by atoms with Crippen LogP contribution in [0.15, 0.2) is 56.3 Å². The Labute approximate surface area is 337 Å². The van der Waals surface area contributed by atoms with Crippen LogP contribution < -0.4 is 10.2 Å². The maximum Gasteiger partial charge on any atom is 0.471 e. The number of halogens is 3. The van der Waals surface area contributed by atoms with Gasteiger partial charge in [-0.05, 0) is 74.6 Å². The highest BCUT2D eigenvalue weighted by molar-refractivity contribution is 7.99. The summed E-state index contributed by atoms with van der Waals surface area (Å²) in [7, 11) is 1.15. The molecule has 310 valence electrons. The largest absolute Gasteiger partial charge is 0.471 e. The van der Waals surface area contributed by atoms with Crippen molar-refractivity contribution in [1.29, 1.82) is 0 Å². The minimum absolute atomic E-state index is 0.0410. The number of fused-ring (bicyclic) bond motifs is 1. The first kappa shape index (κ1) is 44.1. The van der Waals surface area contributed by atoms with Gasteiger partial charge in [-0.25, -0.2) is 4.79 Å². The van der Waals surface area contributed by atoms with Gasteiger partial charge in [0, 0.05) is 48.0 Å². The summed E-state index contributed by atoms with van der Waals surface area (Å²) in [5.41, 5.74) is 1.59. The number of nitrogens with zero attached hydrogens (tertiary/aromatic N) is 5. The third kappa shape index (κ3) is 11.6. The Morgan fingerprint density at radius 1 is 1.05 bits per heavy atom. The van der Waals surface area contributed by atoms with Crippen LogP contribution in [0.5, 0.6) is 0 Å². The molecule has 4 aromatic rings. The molecule has 2 aromatic carbocycles. The Balaban J connectivity index is 0.000000616. The van der Waals surface area contributed by atoms with Crippen molar-refractivity contribution in [1.82, 2.24) is 25.7 Å². The van der Waals surface area contributed by atoms with Crippen LogP contribution in [0.2, 0.25) is 0 Å². The minimum atomic E-state index is -4.72. The van der Waals surface area contributed by atoms with Crippen molar-refractivity contribution in [3.05, 3.63) is 59.8 Å². The lowest BCUT2D eigenvalue weighted by atomic mass is 10.0. The van der Waals surface area contributed by atoms with Gasteiger partial charge < -0.3 is 28.6 Å². The maximum atomic E-state index is 13.4. The van der Waals surface area contributed by atoms with Gasteiger partial charge in [0.1, 0.15) is 11.2 Å². The molecule has 1 fully saturated rings. The number of ether oxygens (including phenoxy) is 2. The quantitative estimate of drug-likeness (QED) is 0.161. The first-order chi connectivity index (χ1) is 26.7. The zero-order valence-corrected chi connectivity index (χ0v) is 35.7. The molecule has 12 nitrogen and oxygen atoms in total. The van der Waals surface area contributed by atoms with E-state index in [1.165, 1.54) is 7.05 Å². The van der Waals surface area contributed by atoms with Crippen molar-refractivity contribution < 1.29 is 41.2 Å². The Hall–Kier alpha value is -4.01. The molecule has 0 spiro atoms. The molecule has 57 heavy (non-hydrogen) atoms. The third-order valence-corrected chi connectivity index (χ3v) is 14.1. The van der Waals surface area contributed by atoms with Crippen molar-refractivity contribution >= 4 is 37.4 Å². The summed E-state index contributed by atoms with van der Waals surface area (Å²) in [4.78, 5) is 30.0. The van der Waals surface area contributed by atoms with Crippen LogP contribution in [0.4, 0.5) is 23.7 Å². The highest BCUT2D eigenvalue weighted by Gasteiger charge is 2.46. The van der Waals surface area contributed by atoms with Gasteiger partial charge >= 0.3 is 18.2 Å². The molecule has 2 aliphatic heterocycles. The summed E-state index contributed by atoms with van der Waals surface area (Å²) in [5, 5.41) is 15.0. The maximum absolute atomic E-state index is 13.4. The van der Waals surface area contributed by atoms with E-state index in [1.807, 2.05) is 39.0 Å². The molecule has 2 amide bonds. The van der Waals surface area contributed by atoms with E-state index in [1.54, 1.807) is 40.9 Å². The molecule has 2 unspecified atom stereocenters. The number of anilines is 1. The van der Waals surface area contributed by atoms with E-state index in [2.05, 4.69) is 64.8 Å². The Morgan fingerprint density at radius 3 is 2.32 bits per heavy atom. The Morgan fingerprint density at radius 2 is 1.75 bits per heavy atom. The average Bonchev–Trinajstić information content (AvgIpc) is 3.91. The fourth-order valence-electron chi connectivity index (χ4n) is 6.31. The summed E-state index contributed by atoms with van der Waals surface area (Å²) >= 11 is 1.61. The molecular formula is C40H52F3N6O6PS. The first-order valence-electron chi connectivity index (χ1n) is 18.9. The summed E-state index contributed by atoms with van der Waals surface area (Å²) in [6.45, 7) is 17.8. The molecule has 2 aromatic heterocycles. The highest BCUT2D eigenvalue weighted by Crippen LogP contribution is 2.56. The number of thioether (sulfide) groups is 1. The normalized spacial score (nSPS) is 18.1. The highest BCUT2D eigenvalue weighted by atomic mass is 32.2. The molecule has 4 heterocycles. The second kappa shape index (κ2) is 17.9. The Bertz CT molecular complexity index is 1980. The summed E-state index contributed by atoms with van der Waals surface area (Å²) in [5.74, 6) is 0.489. The lowest BCUT2D eigenvalue weighted by Gasteiger charge is -2.38. The molecule has 0 saturated carbocycles. The summed E-state index contributed by atoms with van der Waals surface area (Å²) < 4.78 is 60.8. The van der Waals surface area contributed by atoms with Gasteiger partial charge in [0.05, 0.1) is 12.2 Å². The first-order valence-corrected chi connectivity index (χ1v) is 21.6. The number of carbonyl (C=O) groups is 2. The van der Waals surface area contributed by atoms with Gasteiger partial charge in [-0.1, -0.05) is 72.0 Å². The second-order valence-corrected chi connectivity index (χ2v) is 20.7. The lowest BCUT2D eigenvalue weighted by molar-refractivity contribution is -0.159. The van der Waals surface area contributed by atoms with Crippen molar-refractivity contribution in [3.63, 3.8) is 0 Å². The van der Waals surface area contributed by atoms with Crippen molar-refractivity contribution in [2.75, 3.05) is 36.6 Å². The second-order valence-electron chi connectivity index (χ2n) is 16.4. The van der Waals surface area contributed by atoms with Gasteiger partial charge in [0.25, 0.3) is 0 Å². The van der Waals surface area contributed by atoms with Gasteiger partial charge in [-0.3, -0.25) is 4.79 Å². The van der Waals surface area contributed by atoms with E-state index in [9.17, 15) is 22.8 Å². The van der Waals surface area contributed by atoms with E-state index < -0.39 is 25.6 Å². The van der Waals surface area contributed by atoms with Crippen LogP contribution in [0, 0.1) is 5.92 Å². The van der Waals surface area contributed by atoms with E-state index >= 15 is 0 Å². The molecule has 0 bridgehead atoms. The molecule has 0 radical (unpaired) electrons. The average molecular weight is 833 g/mol. The van der Waals surface area contributed by atoms with Crippen LogP contribution >= 0.6 is 19.7 Å². The number of rotatable bonds is 9. The summed E-state index contributed by atoms with van der Waals surface area (Å²) in [6, 6.07) is 12.5. The molecule has 6 rings (SSSR count). The molecule has 1 saturated heterocycles. The lowest BCUT2D eigenvalue weighted by Crippen LogP contribution is -2.33. The number of hydrogen-bond donors (Lipinski definition) is 1. The van der Waals surface area contributed by atoms with E-state index in [-0.39, 0.29) is 35.1 Å². The predicted octanol–water partition coefficient (Wildman–Crippen LogP) is 9.92. The number of amides is 2. The fourth-order valence-corrected chi connectivity index (χ4v) is 10.3. The van der Waals surface area contributed by atoms with Gasteiger partial charge in [0.2, 0.25) is 23.5 Å². The van der Waals surface area contributed by atoms with Crippen LogP contribution in [-0.4, -0.2) is 74.8 Å².